The largest absolute Gasteiger partial charge is 0.416 e. The number of carbonyl (C=O) groups is 1. The molecular weight excluding hydrogens is 324 g/mol. The van der Waals surface area contributed by atoms with Gasteiger partial charge in [-0.2, -0.15) is 13.2 Å². The molecule has 0 atom stereocenters. The molecular formula is C14H9ClF4N2O. The zero-order chi connectivity index (χ0) is 16.3. The Labute approximate surface area is 127 Å². The Balaban J connectivity index is 2.03. The molecule has 0 aromatic heterocycles. The Kier molecular flexibility index (Phi) is 4.56. The van der Waals surface area contributed by atoms with Crippen molar-refractivity contribution in [3.05, 3.63) is 58.9 Å². The van der Waals surface area contributed by atoms with Crippen molar-refractivity contribution in [2.24, 2.45) is 0 Å². The van der Waals surface area contributed by atoms with Gasteiger partial charge in [0.05, 0.1) is 11.3 Å². The van der Waals surface area contributed by atoms with Gasteiger partial charge in [0.15, 0.2) is 0 Å². The molecule has 0 spiro atoms. The summed E-state index contributed by atoms with van der Waals surface area (Å²) < 4.78 is 50.7. The lowest BCUT2D eigenvalue weighted by molar-refractivity contribution is -0.137. The van der Waals surface area contributed by atoms with Crippen molar-refractivity contribution in [1.82, 2.24) is 0 Å². The van der Waals surface area contributed by atoms with E-state index >= 15 is 0 Å². The highest BCUT2D eigenvalue weighted by atomic mass is 35.5. The monoisotopic (exact) mass is 332 g/mol. The molecule has 0 heterocycles. The quantitative estimate of drug-likeness (QED) is 0.734. The van der Waals surface area contributed by atoms with Crippen LogP contribution in [-0.4, -0.2) is 6.03 Å². The Morgan fingerprint density at radius 1 is 1.00 bits per heavy atom. The van der Waals surface area contributed by atoms with Gasteiger partial charge in [-0.15, -0.1) is 0 Å². The zero-order valence-corrected chi connectivity index (χ0v) is 11.6. The molecule has 0 aliphatic heterocycles. The summed E-state index contributed by atoms with van der Waals surface area (Å²) >= 11 is 5.57. The van der Waals surface area contributed by atoms with E-state index in [2.05, 4.69) is 10.6 Å². The van der Waals surface area contributed by atoms with Crippen molar-refractivity contribution in [2.45, 2.75) is 6.18 Å². The first-order valence-corrected chi connectivity index (χ1v) is 6.34. The minimum atomic E-state index is -4.45. The van der Waals surface area contributed by atoms with Crippen LogP contribution in [-0.2, 0) is 6.18 Å². The minimum absolute atomic E-state index is 0.103. The number of urea groups is 1. The van der Waals surface area contributed by atoms with Crippen molar-refractivity contribution < 1.29 is 22.4 Å². The van der Waals surface area contributed by atoms with Gasteiger partial charge in [-0.25, -0.2) is 9.18 Å². The number of hydrogen-bond donors (Lipinski definition) is 2. The fourth-order valence-electron chi connectivity index (χ4n) is 1.62. The highest BCUT2D eigenvalue weighted by molar-refractivity contribution is 6.30. The lowest BCUT2D eigenvalue weighted by Gasteiger charge is -2.10. The summed E-state index contributed by atoms with van der Waals surface area (Å²) in [5.74, 6) is -0.727. The molecule has 2 amide bonds. The number of nitrogens with one attached hydrogen (secondary N) is 2. The summed E-state index contributed by atoms with van der Waals surface area (Å²) in [6, 6.07) is 6.75. The molecule has 0 radical (unpaired) electrons. The second-order valence-corrected chi connectivity index (χ2v) is 4.71. The van der Waals surface area contributed by atoms with Crippen LogP contribution in [0.1, 0.15) is 5.56 Å². The van der Waals surface area contributed by atoms with Gasteiger partial charge in [-0.3, -0.25) is 0 Å². The first kappa shape index (κ1) is 16.1. The molecule has 0 saturated heterocycles. The van der Waals surface area contributed by atoms with Gasteiger partial charge in [-0.1, -0.05) is 11.6 Å². The van der Waals surface area contributed by atoms with Crippen molar-refractivity contribution in [3.8, 4) is 0 Å². The third-order valence-electron chi connectivity index (χ3n) is 2.65. The van der Waals surface area contributed by atoms with Gasteiger partial charge in [0, 0.05) is 10.7 Å². The van der Waals surface area contributed by atoms with Gasteiger partial charge < -0.3 is 10.6 Å². The van der Waals surface area contributed by atoms with E-state index in [9.17, 15) is 22.4 Å². The fraction of sp³-hybridized carbons (Fsp3) is 0.0714. The van der Waals surface area contributed by atoms with Gasteiger partial charge in [0.1, 0.15) is 5.82 Å². The topological polar surface area (TPSA) is 41.1 Å². The SMILES string of the molecule is O=C(Nc1ccc(C(F)(F)F)cc1)Nc1ccc(Cl)cc1F. The molecule has 0 unspecified atom stereocenters. The van der Waals surface area contributed by atoms with E-state index in [-0.39, 0.29) is 16.4 Å². The van der Waals surface area contributed by atoms with Crippen LogP contribution >= 0.6 is 11.6 Å². The maximum Gasteiger partial charge on any atom is 0.416 e. The van der Waals surface area contributed by atoms with Gasteiger partial charge in [0.2, 0.25) is 0 Å². The second-order valence-electron chi connectivity index (χ2n) is 4.28. The average molecular weight is 333 g/mol. The number of amides is 2. The summed E-state index contributed by atoms with van der Waals surface area (Å²) in [4.78, 5) is 11.7. The minimum Gasteiger partial charge on any atom is -0.308 e. The molecule has 2 aromatic rings. The van der Waals surface area contributed by atoms with Crippen molar-refractivity contribution >= 4 is 29.0 Å². The van der Waals surface area contributed by atoms with Crippen LogP contribution in [0.5, 0.6) is 0 Å². The van der Waals surface area contributed by atoms with Gasteiger partial charge in [0.25, 0.3) is 0 Å². The number of rotatable bonds is 2. The van der Waals surface area contributed by atoms with E-state index in [1.54, 1.807) is 0 Å². The van der Waals surface area contributed by atoms with Crippen LogP contribution in [0.25, 0.3) is 0 Å². The predicted molar refractivity (Wildman–Crippen MR) is 75.5 cm³/mol. The smallest absolute Gasteiger partial charge is 0.308 e. The molecule has 116 valence electrons. The molecule has 0 saturated carbocycles. The van der Waals surface area contributed by atoms with E-state index in [0.717, 1.165) is 30.3 Å². The Morgan fingerprint density at radius 2 is 1.64 bits per heavy atom. The maximum absolute atomic E-state index is 13.5. The normalized spacial score (nSPS) is 11.1. The molecule has 22 heavy (non-hydrogen) atoms. The number of alkyl halides is 3. The molecule has 0 bridgehead atoms. The Bertz CT molecular complexity index is 686. The second kappa shape index (κ2) is 6.23. The number of carbonyl (C=O) groups excluding carboxylic acids is 1. The van der Waals surface area contributed by atoms with Gasteiger partial charge in [-0.05, 0) is 42.5 Å². The van der Waals surface area contributed by atoms with Crippen LogP contribution in [0.4, 0.5) is 33.7 Å². The third-order valence-corrected chi connectivity index (χ3v) is 2.88. The highest BCUT2D eigenvalue weighted by Gasteiger charge is 2.29. The van der Waals surface area contributed by atoms with Crippen molar-refractivity contribution in [2.75, 3.05) is 10.6 Å². The average Bonchev–Trinajstić information content (AvgIpc) is 2.41. The molecule has 2 rings (SSSR count). The van der Waals surface area contributed by atoms with Crippen LogP contribution in [0.3, 0.4) is 0 Å². The molecule has 2 aromatic carbocycles. The highest BCUT2D eigenvalue weighted by Crippen LogP contribution is 2.29. The maximum atomic E-state index is 13.5. The molecule has 2 N–H and O–H groups in total. The van der Waals surface area contributed by atoms with E-state index < -0.39 is 23.6 Å². The Morgan fingerprint density at radius 3 is 2.18 bits per heavy atom. The zero-order valence-electron chi connectivity index (χ0n) is 10.8. The lowest BCUT2D eigenvalue weighted by Crippen LogP contribution is -2.20. The summed E-state index contributed by atoms with van der Waals surface area (Å²) in [5, 5.41) is 4.69. The number of anilines is 2. The molecule has 0 aliphatic rings. The van der Waals surface area contributed by atoms with E-state index in [4.69, 9.17) is 11.6 Å². The van der Waals surface area contributed by atoms with E-state index in [1.807, 2.05) is 0 Å². The van der Waals surface area contributed by atoms with Crippen LogP contribution in [0, 0.1) is 5.82 Å². The summed E-state index contributed by atoms with van der Waals surface area (Å²) in [7, 11) is 0. The molecule has 0 aliphatic carbocycles. The summed E-state index contributed by atoms with van der Waals surface area (Å²) in [5.41, 5.74) is -0.795. The first-order chi connectivity index (χ1) is 10.3. The number of halogens is 5. The lowest BCUT2D eigenvalue weighted by atomic mass is 10.2. The van der Waals surface area contributed by atoms with Crippen LogP contribution < -0.4 is 10.6 Å². The third kappa shape index (κ3) is 4.11. The van der Waals surface area contributed by atoms with E-state index in [1.165, 1.54) is 12.1 Å². The Hall–Kier alpha value is -2.28. The van der Waals surface area contributed by atoms with Gasteiger partial charge >= 0.3 is 12.2 Å². The van der Waals surface area contributed by atoms with Crippen LogP contribution in [0.15, 0.2) is 42.5 Å². The number of hydrogen-bond acceptors (Lipinski definition) is 1. The fourth-order valence-corrected chi connectivity index (χ4v) is 1.78. The van der Waals surface area contributed by atoms with Crippen molar-refractivity contribution in [3.63, 3.8) is 0 Å². The summed E-state index contributed by atoms with van der Waals surface area (Å²) in [6.07, 6.45) is -4.45. The summed E-state index contributed by atoms with van der Waals surface area (Å²) in [6.45, 7) is 0. The van der Waals surface area contributed by atoms with Crippen molar-refractivity contribution in [1.29, 1.82) is 0 Å². The predicted octanol–water partition coefficient (Wildman–Crippen LogP) is 5.14. The standard InChI is InChI=1S/C14H9ClF4N2O/c15-9-3-6-12(11(16)7-9)21-13(22)20-10-4-1-8(2-5-10)14(17,18)19/h1-7H,(H2,20,21,22). The molecule has 3 nitrogen and oxygen atoms in total. The molecule has 0 fully saturated rings. The van der Waals surface area contributed by atoms with E-state index in [0.29, 0.717) is 0 Å². The first-order valence-electron chi connectivity index (χ1n) is 5.96. The van der Waals surface area contributed by atoms with Crippen LogP contribution in [0.2, 0.25) is 5.02 Å². The number of benzene rings is 2. The molecule has 8 heteroatoms.